The van der Waals surface area contributed by atoms with Gasteiger partial charge in [0.2, 0.25) is 11.8 Å². The summed E-state index contributed by atoms with van der Waals surface area (Å²) in [6.07, 6.45) is 6.96. The molecule has 1 N–H and O–H groups in total. The van der Waals surface area contributed by atoms with E-state index in [9.17, 15) is 19.5 Å². The minimum atomic E-state index is -1.27. The minimum absolute atomic E-state index is 0.136. The van der Waals surface area contributed by atoms with Crippen LogP contribution in [0.4, 0.5) is 0 Å². The highest BCUT2D eigenvalue weighted by Crippen LogP contribution is 2.54. The molecule has 0 saturated carbocycles. The highest BCUT2D eigenvalue weighted by Gasteiger charge is 2.72. The van der Waals surface area contributed by atoms with Gasteiger partial charge in [-0.15, -0.1) is 0 Å². The van der Waals surface area contributed by atoms with Crippen molar-refractivity contribution in [1.82, 2.24) is 9.80 Å². The molecule has 0 radical (unpaired) electrons. The molecule has 4 aliphatic rings. The zero-order valence-electron chi connectivity index (χ0n) is 17.9. The molecule has 8 heteroatoms. The number of aliphatic hydroxyl groups is 1. The average Bonchev–Trinajstić information content (AvgIpc) is 2.97. The van der Waals surface area contributed by atoms with Crippen molar-refractivity contribution in [3.8, 4) is 0 Å². The van der Waals surface area contributed by atoms with Crippen LogP contribution in [0.5, 0.6) is 0 Å². The standard InChI is InChI=1S/C22H30N2O6/c1-5-13(12-25)24-17-19(27)23(21(2,3)4)10-7-9-22(17)16(18(24)26)15-14(30-22)8-6-11-29-20(15)28/h6-9,13-17,25H,5,10-12H2,1-4H3/t13-,14+,15-,16-,17?,22-/m0/s1. The summed E-state index contributed by atoms with van der Waals surface area (Å²) in [6, 6.07) is -1.49. The maximum Gasteiger partial charge on any atom is 0.313 e. The van der Waals surface area contributed by atoms with Gasteiger partial charge in [0.1, 0.15) is 24.2 Å². The summed E-state index contributed by atoms with van der Waals surface area (Å²) in [5, 5.41) is 9.99. The van der Waals surface area contributed by atoms with Crippen molar-refractivity contribution in [3.63, 3.8) is 0 Å². The zero-order chi connectivity index (χ0) is 21.8. The van der Waals surface area contributed by atoms with Gasteiger partial charge in [0.05, 0.1) is 24.7 Å². The van der Waals surface area contributed by atoms with Crippen LogP contribution in [0.1, 0.15) is 34.1 Å². The fraction of sp³-hybridized carbons (Fsp3) is 0.682. The molecule has 0 aromatic rings. The lowest BCUT2D eigenvalue weighted by Crippen LogP contribution is -2.60. The number of nitrogens with zero attached hydrogens (tertiary/aromatic N) is 2. The Morgan fingerprint density at radius 1 is 1.23 bits per heavy atom. The molecular formula is C22H30N2O6. The molecule has 2 saturated heterocycles. The van der Waals surface area contributed by atoms with Gasteiger partial charge in [0, 0.05) is 12.1 Å². The van der Waals surface area contributed by atoms with Crippen LogP contribution in [0, 0.1) is 11.8 Å². The first-order valence-corrected chi connectivity index (χ1v) is 10.6. The molecule has 0 aromatic heterocycles. The number of amides is 2. The summed E-state index contributed by atoms with van der Waals surface area (Å²) in [7, 11) is 0. The van der Waals surface area contributed by atoms with E-state index in [2.05, 4.69) is 0 Å². The van der Waals surface area contributed by atoms with Crippen molar-refractivity contribution in [2.24, 2.45) is 11.8 Å². The maximum atomic E-state index is 13.9. The number of hydrogen-bond donors (Lipinski definition) is 1. The third-order valence-electron chi connectivity index (χ3n) is 6.74. The normalized spacial score (nSPS) is 36.8. The Kier molecular flexibility index (Phi) is 5.05. The zero-order valence-corrected chi connectivity index (χ0v) is 17.9. The van der Waals surface area contributed by atoms with Crippen molar-refractivity contribution in [2.45, 2.75) is 63.4 Å². The van der Waals surface area contributed by atoms with Crippen molar-refractivity contribution >= 4 is 17.8 Å². The van der Waals surface area contributed by atoms with Gasteiger partial charge in [-0.05, 0) is 33.3 Å². The second-order valence-electron chi connectivity index (χ2n) is 9.41. The van der Waals surface area contributed by atoms with Crippen LogP contribution in [0.3, 0.4) is 0 Å². The summed E-state index contributed by atoms with van der Waals surface area (Å²) in [4.78, 5) is 43.6. The summed E-state index contributed by atoms with van der Waals surface area (Å²) in [5.74, 6) is -2.75. The lowest BCUT2D eigenvalue weighted by molar-refractivity contribution is -0.156. The summed E-state index contributed by atoms with van der Waals surface area (Å²) in [5.41, 5.74) is -1.74. The molecule has 8 nitrogen and oxygen atoms in total. The molecule has 164 valence electrons. The minimum Gasteiger partial charge on any atom is -0.461 e. The van der Waals surface area contributed by atoms with Gasteiger partial charge < -0.3 is 24.4 Å². The van der Waals surface area contributed by atoms with E-state index in [1.54, 1.807) is 23.1 Å². The number of aliphatic hydroxyl groups excluding tert-OH is 1. The van der Waals surface area contributed by atoms with Gasteiger partial charge in [0.15, 0.2) is 0 Å². The molecule has 0 aromatic carbocycles. The average molecular weight is 418 g/mol. The van der Waals surface area contributed by atoms with Crippen molar-refractivity contribution in [3.05, 3.63) is 24.3 Å². The maximum absolute atomic E-state index is 13.9. The van der Waals surface area contributed by atoms with E-state index in [4.69, 9.17) is 9.47 Å². The SMILES string of the molecule is CC[C@@H](CO)N1C(=O)[C@@H]2[C@H]3C(=O)OCC=C[C@H]3O[C@@]23C=CCN(C(C)(C)C)C(=O)C13. The molecule has 1 unspecified atom stereocenters. The molecule has 2 fully saturated rings. The Balaban J connectivity index is 1.89. The predicted octanol–water partition coefficient (Wildman–Crippen LogP) is 0.648. The van der Waals surface area contributed by atoms with Gasteiger partial charge in [-0.3, -0.25) is 14.4 Å². The van der Waals surface area contributed by atoms with Crippen molar-refractivity contribution in [1.29, 1.82) is 0 Å². The van der Waals surface area contributed by atoms with E-state index >= 15 is 0 Å². The van der Waals surface area contributed by atoms with Gasteiger partial charge >= 0.3 is 5.97 Å². The molecule has 30 heavy (non-hydrogen) atoms. The number of ether oxygens (including phenoxy) is 2. The quantitative estimate of drug-likeness (QED) is 0.534. The lowest BCUT2D eigenvalue weighted by atomic mass is 9.78. The summed E-state index contributed by atoms with van der Waals surface area (Å²) >= 11 is 0. The number of fused-ring (bicyclic) bond motifs is 2. The first-order valence-electron chi connectivity index (χ1n) is 10.6. The van der Waals surface area contributed by atoms with Gasteiger partial charge in [-0.25, -0.2) is 0 Å². The van der Waals surface area contributed by atoms with Crippen LogP contribution in [-0.2, 0) is 23.9 Å². The third kappa shape index (κ3) is 2.84. The van der Waals surface area contributed by atoms with Crippen LogP contribution in [-0.4, -0.2) is 81.8 Å². The highest BCUT2D eigenvalue weighted by atomic mass is 16.6. The predicted molar refractivity (Wildman–Crippen MR) is 107 cm³/mol. The molecule has 1 spiro atoms. The van der Waals surface area contributed by atoms with Gasteiger partial charge in [-0.1, -0.05) is 25.2 Å². The third-order valence-corrected chi connectivity index (χ3v) is 6.74. The number of rotatable bonds is 3. The highest BCUT2D eigenvalue weighted by molar-refractivity contribution is 5.99. The van der Waals surface area contributed by atoms with Crippen LogP contribution in [0.25, 0.3) is 0 Å². The van der Waals surface area contributed by atoms with Crippen molar-refractivity contribution < 1.29 is 29.0 Å². The summed E-state index contributed by atoms with van der Waals surface area (Å²) < 4.78 is 11.7. The van der Waals surface area contributed by atoms with Gasteiger partial charge in [0.25, 0.3) is 0 Å². The first kappa shape index (κ1) is 21.1. The van der Waals surface area contributed by atoms with Crippen molar-refractivity contribution in [2.75, 3.05) is 19.8 Å². The second-order valence-corrected chi connectivity index (χ2v) is 9.41. The van der Waals surface area contributed by atoms with Crippen LogP contribution >= 0.6 is 0 Å². The molecular weight excluding hydrogens is 388 g/mol. The van der Waals surface area contributed by atoms with E-state index < -0.39 is 47.1 Å². The van der Waals surface area contributed by atoms with Crippen LogP contribution in [0.15, 0.2) is 24.3 Å². The fourth-order valence-electron chi connectivity index (χ4n) is 5.32. The number of esters is 1. The Morgan fingerprint density at radius 3 is 2.60 bits per heavy atom. The van der Waals surface area contributed by atoms with E-state index in [0.717, 1.165) is 0 Å². The van der Waals surface area contributed by atoms with Crippen LogP contribution in [0.2, 0.25) is 0 Å². The van der Waals surface area contributed by atoms with Crippen LogP contribution < -0.4 is 0 Å². The number of carbonyl (C=O) groups is 3. The Labute approximate surface area is 176 Å². The van der Waals surface area contributed by atoms with E-state index in [0.29, 0.717) is 13.0 Å². The summed E-state index contributed by atoms with van der Waals surface area (Å²) in [6.45, 7) is 7.93. The van der Waals surface area contributed by atoms with E-state index in [1.807, 2.05) is 33.8 Å². The molecule has 6 atom stereocenters. The molecule has 2 amide bonds. The second kappa shape index (κ2) is 7.20. The Hall–Kier alpha value is -2.19. The molecule has 4 aliphatic heterocycles. The number of hydrogen-bond acceptors (Lipinski definition) is 6. The molecule has 0 aliphatic carbocycles. The number of cyclic esters (lactones) is 1. The lowest BCUT2D eigenvalue weighted by Gasteiger charge is -2.42. The topological polar surface area (TPSA) is 96.4 Å². The first-order chi connectivity index (χ1) is 14.2. The van der Waals surface area contributed by atoms with Gasteiger partial charge in [-0.2, -0.15) is 0 Å². The molecule has 4 rings (SSSR count). The largest absolute Gasteiger partial charge is 0.461 e. The smallest absolute Gasteiger partial charge is 0.313 e. The van der Waals surface area contributed by atoms with E-state index in [1.165, 1.54) is 4.90 Å². The Bertz CT molecular complexity index is 811. The van der Waals surface area contributed by atoms with E-state index in [-0.39, 0.29) is 25.0 Å². The Morgan fingerprint density at radius 2 is 1.97 bits per heavy atom. The number of likely N-dealkylation sites (tertiary alicyclic amines) is 1. The molecule has 0 bridgehead atoms. The monoisotopic (exact) mass is 418 g/mol. The number of carbonyl (C=O) groups excluding carboxylic acids is 3. The fourth-order valence-corrected chi connectivity index (χ4v) is 5.32. The molecule has 4 heterocycles.